The molecule has 0 bridgehead atoms. The minimum Gasteiger partial charge on any atom is -0.385 e. The minimum atomic E-state index is 0.305. The van der Waals surface area contributed by atoms with Crippen LogP contribution in [0.2, 0.25) is 15.1 Å². The predicted octanol–water partition coefficient (Wildman–Crippen LogP) is 3.53. The van der Waals surface area contributed by atoms with Gasteiger partial charge in [-0.1, -0.05) is 34.8 Å². The largest absolute Gasteiger partial charge is 0.385 e. The topological polar surface area (TPSA) is 20.2 Å². The van der Waals surface area contributed by atoms with Crippen molar-refractivity contribution in [3.05, 3.63) is 39.4 Å². The Kier molecular flexibility index (Phi) is 3.02. The fraction of sp³-hybridized carbons (Fsp3) is 0. The summed E-state index contributed by atoms with van der Waals surface area (Å²) in [5.41, 5.74) is 0.532. The van der Waals surface area contributed by atoms with Gasteiger partial charge < -0.3 is 5.11 Å². The van der Waals surface area contributed by atoms with Gasteiger partial charge in [-0.3, -0.25) is 0 Å². The van der Waals surface area contributed by atoms with E-state index in [2.05, 4.69) is 0 Å². The van der Waals surface area contributed by atoms with Gasteiger partial charge in [-0.15, -0.1) is 0 Å². The predicted molar refractivity (Wildman–Crippen MR) is 46.8 cm³/mol. The molecule has 0 saturated heterocycles. The first-order valence-electron chi connectivity index (χ1n) is 2.77. The van der Waals surface area contributed by atoms with Crippen LogP contribution in [0.1, 0.15) is 5.56 Å². The first-order chi connectivity index (χ1) is 5.15. The van der Waals surface area contributed by atoms with Crippen molar-refractivity contribution in [2.45, 2.75) is 0 Å². The summed E-state index contributed by atoms with van der Waals surface area (Å²) in [6.07, 6.45) is 0. The maximum atomic E-state index is 8.59. The van der Waals surface area contributed by atoms with Crippen molar-refractivity contribution in [2.75, 3.05) is 0 Å². The summed E-state index contributed by atoms with van der Waals surface area (Å²) < 4.78 is 0. The Labute approximate surface area is 79.5 Å². The number of halogens is 3. The van der Waals surface area contributed by atoms with Crippen molar-refractivity contribution >= 4 is 34.8 Å². The highest BCUT2D eigenvalue weighted by Crippen LogP contribution is 2.31. The molecule has 0 heterocycles. The van der Waals surface area contributed by atoms with Crippen LogP contribution in [0.5, 0.6) is 0 Å². The molecule has 4 heteroatoms. The SMILES string of the molecule is O[CH]c1cc(Cl)c(Cl)c(Cl)c1. The number of hydrogen-bond donors (Lipinski definition) is 1. The second-order valence-electron chi connectivity index (χ2n) is 1.93. The highest BCUT2D eigenvalue weighted by atomic mass is 35.5. The lowest BCUT2D eigenvalue weighted by atomic mass is 10.2. The third-order valence-corrected chi connectivity index (χ3v) is 2.35. The summed E-state index contributed by atoms with van der Waals surface area (Å²) in [7, 11) is 0. The van der Waals surface area contributed by atoms with E-state index >= 15 is 0 Å². The van der Waals surface area contributed by atoms with Gasteiger partial charge in [-0.05, 0) is 17.7 Å². The number of aliphatic hydroxyl groups excluding tert-OH is 1. The summed E-state index contributed by atoms with van der Waals surface area (Å²) in [5.74, 6) is 0. The van der Waals surface area contributed by atoms with E-state index in [-0.39, 0.29) is 0 Å². The van der Waals surface area contributed by atoms with E-state index < -0.39 is 0 Å². The normalized spacial score (nSPS) is 10.2. The van der Waals surface area contributed by atoms with Crippen molar-refractivity contribution in [1.29, 1.82) is 0 Å². The third kappa shape index (κ3) is 2.00. The summed E-state index contributed by atoms with van der Waals surface area (Å²) in [4.78, 5) is 0. The van der Waals surface area contributed by atoms with Crippen LogP contribution in [-0.2, 0) is 0 Å². The molecule has 1 aromatic carbocycles. The summed E-state index contributed by atoms with van der Waals surface area (Å²) in [6.45, 7) is 0.911. The van der Waals surface area contributed by atoms with Gasteiger partial charge in [0.1, 0.15) is 6.61 Å². The molecule has 0 saturated carbocycles. The van der Waals surface area contributed by atoms with E-state index in [0.717, 1.165) is 6.61 Å². The summed E-state index contributed by atoms with van der Waals surface area (Å²) in [6, 6.07) is 3.05. The van der Waals surface area contributed by atoms with Gasteiger partial charge in [0.2, 0.25) is 0 Å². The molecular weight excluding hydrogens is 206 g/mol. The van der Waals surface area contributed by atoms with Crippen LogP contribution in [0.4, 0.5) is 0 Å². The highest BCUT2D eigenvalue weighted by molar-refractivity contribution is 6.48. The molecular formula is C7H4Cl3O. The number of hydrogen-bond acceptors (Lipinski definition) is 1. The fourth-order valence-corrected chi connectivity index (χ4v) is 1.26. The average Bonchev–Trinajstić information content (AvgIpc) is 1.99. The van der Waals surface area contributed by atoms with Crippen LogP contribution < -0.4 is 0 Å². The van der Waals surface area contributed by atoms with E-state index in [4.69, 9.17) is 39.9 Å². The zero-order chi connectivity index (χ0) is 8.43. The van der Waals surface area contributed by atoms with Gasteiger partial charge in [0.25, 0.3) is 0 Å². The summed E-state index contributed by atoms with van der Waals surface area (Å²) in [5, 5.41) is 9.56. The zero-order valence-corrected chi connectivity index (χ0v) is 7.58. The van der Waals surface area contributed by atoms with Gasteiger partial charge in [0.15, 0.2) is 0 Å². The molecule has 1 nitrogen and oxygen atoms in total. The molecule has 0 fully saturated rings. The average molecular weight is 210 g/mol. The molecule has 0 aliphatic rings. The van der Waals surface area contributed by atoms with Crippen molar-refractivity contribution in [1.82, 2.24) is 0 Å². The van der Waals surface area contributed by atoms with Crippen LogP contribution in [0, 0.1) is 6.61 Å². The molecule has 11 heavy (non-hydrogen) atoms. The molecule has 0 aliphatic carbocycles. The third-order valence-electron chi connectivity index (χ3n) is 1.16. The van der Waals surface area contributed by atoms with Gasteiger partial charge in [-0.25, -0.2) is 0 Å². The molecule has 0 unspecified atom stereocenters. The summed E-state index contributed by atoms with van der Waals surface area (Å²) >= 11 is 16.9. The second-order valence-corrected chi connectivity index (χ2v) is 3.12. The molecule has 1 radical (unpaired) electrons. The van der Waals surface area contributed by atoms with Crippen LogP contribution in [0.15, 0.2) is 12.1 Å². The van der Waals surface area contributed by atoms with Crippen molar-refractivity contribution in [2.24, 2.45) is 0 Å². The lowest BCUT2D eigenvalue weighted by Crippen LogP contribution is -1.81. The number of benzene rings is 1. The Bertz CT molecular complexity index is 249. The number of aliphatic hydroxyl groups is 1. The maximum absolute atomic E-state index is 8.59. The Hall–Kier alpha value is 0.0500. The van der Waals surface area contributed by atoms with Gasteiger partial charge in [-0.2, -0.15) is 0 Å². The zero-order valence-electron chi connectivity index (χ0n) is 5.31. The lowest BCUT2D eigenvalue weighted by Gasteiger charge is -2.00. The second kappa shape index (κ2) is 3.63. The quantitative estimate of drug-likeness (QED) is 0.703. The standard InChI is InChI=1S/C7H4Cl3O/c8-5-1-4(3-11)2-6(9)7(5)10/h1-3,11H. The molecule has 0 amide bonds. The van der Waals surface area contributed by atoms with Crippen molar-refractivity contribution < 1.29 is 5.11 Å². The molecule has 0 atom stereocenters. The molecule has 0 spiro atoms. The molecule has 1 N–H and O–H groups in total. The van der Waals surface area contributed by atoms with E-state index in [1.165, 1.54) is 12.1 Å². The Morgan fingerprint density at radius 3 is 1.91 bits per heavy atom. The molecule has 59 valence electrons. The lowest BCUT2D eigenvalue weighted by molar-refractivity contribution is 0.415. The molecule has 0 aliphatic heterocycles. The van der Waals surface area contributed by atoms with Crippen LogP contribution in [-0.4, -0.2) is 5.11 Å². The van der Waals surface area contributed by atoms with Crippen molar-refractivity contribution in [3.63, 3.8) is 0 Å². The Morgan fingerprint density at radius 2 is 1.55 bits per heavy atom. The van der Waals surface area contributed by atoms with E-state index in [1.54, 1.807) is 0 Å². The first kappa shape index (κ1) is 9.14. The van der Waals surface area contributed by atoms with Gasteiger partial charge in [0, 0.05) is 0 Å². The molecule has 1 rings (SSSR count). The minimum absolute atomic E-state index is 0.305. The van der Waals surface area contributed by atoms with Gasteiger partial charge >= 0.3 is 0 Å². The van der Waals surface area contributed by atoms with Gasteiger partial charge in [0.05, 0.1) is 15.1 Å². The Morgan fingerprint density at radius 1 is 1.09 bits per heavy atom. The highest BCUT2D eigenvalue weighted by Gasteiger charge is 2.04. The van der Waals surface area contributed by atoms with Crippen LogP contribution in [0.25, 0.3) is 0 Å². The van der Waals surface area contributed by atoms with E-state index in [0.29, 0.717) is 20.6 Å². The number of rotatable bonds is 1. The smallest absolute Gasteiger partial charge is 0.109 e. The van der Waals surface area contributed by atoms with Crippen molar-refractivity contribution in [3.8, 4) is 0 Å². The molecule has 1 aromatic rings. The molecule has 0 aromatic heterocycles. The monoisotopic (exact) mass is 209 g/mol. The van der Waals surface area contributed by atoms with Crippen LogP contribution >= 0.6 is 34.8 Å². The fourth-order valence-electron chi connectivity index (χ4n) is 0.650. The Balaban J connectivity index is 3.21. The first-order valence-corrected chi connectivity index (χ1v) is 3.90. The van der Waals surface area contributed by atoms with E-state index in [1.807, 2.05) is 0 Å². The van der Waals surface area contributed by atoms with E-state index in [9.17, 15) is 0 Å². The van der Waals surface area contributed by atoms with Crippen LogP contribution in [0.3, 0.4) is 0 Å². The maximum Gasteiger partial charge on any atom is 0.109 e.